The van der Waals surface area contributed by atoms with Crippen molar-refractivity contribution in [1.29, 1.82) is 0 Å². The molecular weight excluding hydrogens is 590 g/mol. The van der Waals surface area contributed by atoms with Crippen LogP contribution in [0.3, 0.4) is 0 Å². The number of aromatic nitrogens is 4. The number of carbonyl (C=O) groups excluding carboxylic acids is 1. The summed E-state index contributed by atoms with van der Waals surface area (Å²) in [5.41, 5.74) is 4.12. The minimum atomic E-state index is -0.393. The van der Waals surface area contributed by atoms with Gasteiger partial charge < -0.3 is 19.3 Å². The lowest BCUT2D eigenvalue weighted by atomic mass is 10.0. The van der Waals surface area contributed by atoms with E-state index in [4.69, 9.17) is 14.6 Å². The summed E-state index contributed by atoms with van der Waals surface area (Å²) in [6.07, 6.45) is 3.58. The Hall–Kier alpha value is -2.82. The van der Waals surface area contributed by atoms with Crippen molar-refractivity contribution < 1.29 is 14.3 Å². The third-order valence-electron chi connectivity index (χ3n) is 6.29. The maximum atomic E-state index is 13.1. The fourth-order valence-corrected chi connectivity index (χ4v) is 5.54. The summed E-state index contributed by atoms with van der Waals surface area (Å²) < 4.78 is 13.4. The third kappa shape index (κ3) is 4.89. The molecule has 0 aliphatic carbocycles. The Balaban J connectivity index is 1.59. The lowest BCUT2D eigenvalue weighted by molar-refractivity contribution is 0.0886. The van der Waals surface area contributed by atoms with Gasteiger partial charge in [0, 0.05) is 54.5 Å². The molecule has 1 aliphatic rings. The van der Waals surface area contributed by atoms with Crippen LogP contribution in [0.15, 0.2) is 55.0 Å². The van der Waals surface area contributed by atoms with Crippen LogP contribution >= 0.6 is 28.4 Å². The Morgan fingerprint density at radius 2 is 1.92 bits per heavy atom. The number of amides is 1. The zero-order chi connectivity index (χ0) is 25.2. The van der Waals surface area contributed by atoms with Crippen LogP contribution in [0.5, 0.6) is 11.5 Å². The molecule has 3 heterocycles. The molecule has 2 atom stereocenters. The Morgan fingerprint density at radius 1 is 1.11 bits per heavy atom. The Bertz CT molecular complexity index is 1400. The SMILES string of the molecule is COc1cc2ncnc(-c3cn(PI)nc3-c3ccccc3)c2cc1OC(=O)N1CCN(C)CC1C. The predicted octanol–water partition coefficient (Wildman–Crippen LogP) is 5.10. The van der Waals surface area contributed by atoms with Crippen molar-refractivity contribution in [2.45, 2.75) is 13.0 Å². The number of likely N-dealkylation sites (N-methyl/N-ethyl adjacent to an activating group) is 1. The topological polar surface area (TPSA) is 85.6 Å². The van der Waals surface area contributed by atoms with E-state index in [9.17, 15) is 4.79 Å². The highest BCUT2D eigenvalue weighted by molar-refractivity contribution is 14.2. The van der Waals surface area contributed by atoms with Gasteiger partial charge in [0.1, 0.15) is 12.0 Å². The first-order chi connectivity index (χ1) is 17.5. The second-order valence-electron chi connectivity index (χ2n) is 8.70. The first-order valence-corrected chi connectivity index (χ1v) is 15.6. The largest absolute Gasteiger partial charge is 0.493 e. The Kier molecular flexibility index (Phi) is 7.36. The molecule has 1 fully saturated rings. The van der Waals surface area contributed by atoms with Gasteiger partial charge in [-0.05, 0) is 42.1 Å². The molecule has 0 radical (unpaired) electrons. The minimum Gasteiger partial charge on any atom is -0.493 e. The van der Waals surface area contributed by atoms with E-state index >= 15 is 0 Å². The van der Waals surface area contributed by atoms with Crippen molar-refractivity contribution in [3.63, 3.8) is 0 Å². The molecule has 2 aromatic carbocycles. The summed E-state index contributed by atoms with van der Waals surface area (Å²) in [6.45, 7) is 4.23. The molecule has 2 aromatic heterocycles. The lowest BCUT2D eigenvalue weighted by Crippen LogP contribution is -2.53. The van der Waals surface area contributed by atoms with Gasteiger partial charge in [0.05, 0.1) is 24.7 Å². The molecule has 1 saturated heterocycles. The van der Waals surface area contributed by atoms with E-state index in [1.54, 1.807) is 24.1 Å². The van der Waals surface area contributed by atoms with E-state index in [-0.39, 0.29) is 6.04 Å². The van der Waals surface area contributed by atoms with Crippen LogP contribution in [0.2, 0.25) is 0 Å². The number of nitrogens with zero attached hydrogens (tertiary/aromatic N) is 6. The second kappa shape index (κ2) is 10.7. The van der Waals surface area contributed by atoms with Gasteiger partial charge >= 0.3 is 6.09 Å². The molecule has 1 amide bonds. The maximum absolute atomic E-state index is 13.1. The van der Waals surface area contributed by atoms with Crippen LogP contribution in [-0.2, 0) is 0 Å². The monoisotopic (exact) mass is 616 g/mol. The van der Waals surface area contributed by atoms with Gasteiger partial charge in [0.25, 0.3) is 0 Å². The number of fused-ring (bicyclic) bond motifs is 1. The number of halogens is 1. The Labute approximate surface area is 224 Å². The van der Waals surface area contributed by atoms with E-state index in [2.05, 4.69) is 44.0 Å². The van der Waals surface area contributed by atoms with Crippen LogP contribution in [-0.4, -0.2) is 75.2 Å². The molecule has 1 aliphatic heterocycles. The van der Waals surface area contributed by atoms with Crippen molar-refractivity contribution in [2.24, 2.45) is 0 Å². The molecule has 4 aromatic rings. The highest BCUT2D eigenvalue weighted by Crippen LogP contribution is 2.40. The van der Waals surface area contributed by atoms with Crippen LogP contribution in [0.25, 0.3) is 33.4 Å². The fourth-order valence-electron chi connectivity index (χ4n) is 4.48. The lowest BCUT2D eigenvalue weighted by Gasteiger charge is -2.37. The zero-order valence-corrected chi connectivity index (χ0v) is 23.3. The summed E-state index contributed by atoms with van der Waals surface area (Å²) in [4.78, 5) is 26.2. The molecule has 186 valence electrons. The van der Waals surface area contributed by atoms with E-state index < -0.39 is 6.09 Å². The molecule has 11 heteroatoms. The van der Waals surface area contributed by atoms with Crippen molar-refractivity contribution >= 4 is 45.4 Å². The van der Waals surface area contributed by atoms with Crippen molar-refractivity contribution in [3.05, 3.63) is 55.0 Å². The van der Waals surface area contributed by atoms with Crippen LogP contribution in [0.1, 0.15) is 6.92 Å². The number of carbonyl (C=O) groups is 1. The van der Waals surface area contributed by atoms with Gasteiger partial charge in [-0.1, -0.05) is 30.3 Å². The Morgan fingerprint density at radius 3 is 2.64 bits per heavy atom. The molecular formula is C25H26IN6O3P. The fraction of sp³-hybridized carbons (Fsp3) is 0.280. The number of hydrogen-bond donors (Lipinski definition) is 0. The van der Waals surface area contributed by atoms with E-state index in [1.165, 1.54) is 6.33 Å². The van der Waals surface area contributed by atoms with E-state index in [0.29, 0.717) is 35.6 Å². The third-order valence-corrected chi connectivity index (χ3v) is 8.17. The van der Waals surface area contributed by atoms with Crippen molar-refractivity contribution in [2.75, 3.05) is 33.8 Å². The molecule has 36 heavy (non-hydrogen) atoms. The van der Waals surface area contributed by atoms with E-state index in [0.717, 1.165) is 35.3 Å². The van der Waals surface area contributed by atoms with Gasteiger partial charge in [-0.2, -0.15) is 5.10 Å². The average molecular weight is 616 g/mol. The predicted molar refractivity (Wildman–Crippen MR) is 150 cm³/mol. The van der Waals surface area contributed by atoms with Crippen LogP contribution in [0.4, 0.5) is 4.79 Å². The minimum absolute atomic E-state index is 0.0509. The summed E-state index contributed by atoms with van der Waals surface area (Å²) in [5, 5.41) is 5.55. The molecule has 0 saturated carbocycles. The molecule has 0 bridgehead atoms. The summed E-state index contributed by atoms with van der Waals surface area (Å²) in [5.74, 6) is 0.775. The molecule has 5 rings (SSSR count). The van der Waals surface area contributed by atoms with Crippen LogP contribution in [0, 0.1) is 0 Å². The van der Waals surface area contributed by atoms with Gasteiger partial charge in [0.15, 0.2) is 11.5 Å². The standard InChI is InChI=1S/C25H26IN6O3P/c1-16-13-30(2)9-10-31(16)25(33)35-22-11-18-20(12-21(22)34-3)27-15-28-24(18)19-14-32(36-26)29-23(19)17-7-5-4-6-8-17/h4-8,11-12,14-16,36H,9-10,13H2,1-3H3. The number of piperazine rings is 1. The average Bonchev–Trinajstić information content (AvgIpc) is 3.33. The van der Waals surface area contributed by atoms with Crippen molar-refractivity contribution in [3.8, 4) is 34.0 Å². The normalized spacial score (nSPS) is 16.7. The van der Waals surface area contributed by atoms with E-state index in [1.807, 2.05) is 47.9 Å². The van der Waals surface area contributed by atoms with Gasteiger partial charge in [0.2, 0.25) is 0 Å². The smallest absolute Gasteiger partial charge is 0.415 e. The molecule has 0 N–H and O–H groups in total. The van der Waals surface area contributed by atoms with Crippen LogP contribution < -0.4 is 9.47 Å². The summed E-state index contributed by atoms with van der Waals surface area (Å²) >= 11 is 2.31. The van der Waals surface area contributed by atoms with Gasteiger partial charge in [-0.15, -0.1) is 0 Å². The number of methoxy groups -OCH3 is 1. The summed E-state index contributed by atoms with van der Waals surface area (Å²) in [7, 11) is 3.61. The zero-order valence-electron chi connectivity index (χ0n) is 20.2. The summed E-state index contributed by atoms with van der Waals surface area (Å²) in [6, 6.07) is 13.6. The maximum Gasteiger partial charge on any atom is 0.415 e. The quantitative estimate of drug-likeness (QED) is 0.228. The van der Waals surface area contributed by atoms with Gasteiger partial charge in [-0.3, -0.25) is 0 Å². The second-order valence-corrected chi connectivity index (χ2v) is 10.8. The molecule has 9 nitrogen and oxygen atoms in total. The number of rotatable bonds is 5. The first kappa shape index (κ1) is 24.9. The first-order valence-electron chi connectivity index (χ1n) is 11.5. The highest BCUT2D eigenvalue weighted by atomic mass is 127. The number of ether oxygens (including phenoxy) is 2. The molecule has 2 unspecified atom stereocenters. The highest BCUT2D eigenvalue weighted by Gasteiger charge is 2.28. The van der Waals surface area contributed by atoms with Gasteiger partial charge in [-0.25, -0.2) is 19.2 Å². The number of hydrogen-bond acceptors (Lipinski definition) is 7. The number of benzene rings is 2. The molecule has 0 spiro atoms. The van der Waals surface area contributed by atoms with Crippen molar-refractivity contribution in [1.82, 2.24) is 29.3 Å².